The summed E-state index contributed by atoms with van der Waals surface area (Å²) in [4.78, 5) is 50.5. The zero-order chi connectivity index (χ0) is 40.3. The molecule has 1 atom stereocenters. The summed E-state index contributed by atoms with van der Waals surface area (Å²) in [7, 11) is -0.700. The second-order valence-corrected chi connectivity index (χ2v) is 17.9. The molecular formula is C40H52N8O6S. The Hall–Kier alpha value is -5.31. The van der Waals surface area contributed by atoms with Crippen molar-refractivity contribution in [1.29, 1.82) is 0 Å². The number of carbonyl (C=O) groups is 2. The van der Waals surface area contributed by atoms with Crippen LogP contribution in [0.3, 0.4) is 0 Å². The lowest BCUT2D eigenvalue weighted by Crippen LogP contribution is -2.45. The quantitative estimate of drug-likeness (QED) is 0.209. The maximum atomic E-state index is 14.6. The molecule has 1 aliphatic heterocycles. The third-order valence-electron chi connectivity index (χ3n) is 8.90. The molecule has 294 valence electrons. The van der Waals surface area contributed by atoms with Crippen molar-refractivity contribution in [2.45, 2.75) is 84.9 Å². The molecule has 0 fully saturated rings. The summed E-state index contributed by atoms with van der Waals surface area (Å²) >= 11 is 0. The van der Waals surface area contributed by atoms with Gasteiger partial charge in [0.25, 0.3) is 15.9 Å². The Balaban J connectivity index is 1.53. The maximum absolute atomic E-state index is 14.6. The van der Waals surface area contributed by atoms with Crippen LogP contribution in [0, 0.1) is 19.3 Å². The second kappa shape index (κ2) is 16.2. The SMILES string of the molecule is Cc1cccc(C)c1-c1cc2nc(n1)NS(=O)(=O)c1cccc(c1)C(=O)N(Cc1cncc(N(C)CCN(C)C(=O)OC(C)(C)C)n1)[C@H](CC(C)(C)C)CO2. The number of aromatic nitrogens is 4. The molecule has 2 aromatic heterocycles. The highest BCUT2D eigenvalue weighted by Crippen LogP contribution is 2.32. The molecule has 0 saturated carbocycles. The molecule has 2 aromatic carbocycles. The molecule has 14 nitrogen and oxygen atoms in total. The monoisotopic (exact) mass is 772 g/mol. The number of rotatable bonds is 8. The number of hydrogen-bond acceptors (Lipinski definition) is 11. The van der Waals surface area contributed by atoms with Crippen LogP contribution in [0.1, 0.15) is 75.1 Å². The van der Waals surface area contributed by atoms with Crippen molar-refractivity contribution in [3.05, 3.63) is 83.3 Å². The van der Waals surface area contributed by atoms with Crippen LogP contribution < -0.4 is 14.4 Å². The number of carbonyl (C=O) groups excluding carboxylic acids is 2. The van der Waals surface area contributed by atoms with E-state index in [1.54, 1.807) is 36.5 Å². The Morgan fingerprint density at radius 1 is 0.964 bits per heavy atom. The van der Waals surface area contributed by atoms with Crippen molar-refractivity contribution >= 4 is 33.8 Å². The lowest BCUT2D eigenvalue weighted by molar-refractivity contribution is 0.0303. The van der Waals surface area contributed by atoms with Gasteiger partial charge in [-0.1, -0.05) is 45.0 Å². The highest BCUT2D eigenvalue weighted by Gasteiger charge is 2.32. The minimum Gasteiger partial charge on any atom is -0.475 e. The van der Waals surface area contributed by atoms with Gasteiger partial charge in [-0.25, -0.2) is 27.9 Å². The molecule has 4 bridgehead atoms. The van der Waals surface area contributed by atoms with Crippen LogP contribution in [0.2, 0.25) is 0 Å². The van der Waals surface area contributed by atoms with Crippen LogP contribution in [0.4, 0.5) is 16.6 Å². The van der Waals surface area contributed by atoms with E-state index in [1.807, 2.05) is 64.8 Å². The largest absolute Gasteiger partial charge is 0.475 e. The Labute approximate surface area is 324 Å². The topological polar surface area (TPSA) is 160 Å². The van der Waals surface area contributed by atoms with Gasteiger partial charge in [0, 0.05) is 44.4 Å². The lowest BCUT2D eigenvalue weighted by Gasteiger charge is -2.35. The van der Waals surface area contributed by atoms with Crippen LogP contribution in [-0.4, -0.2) is 95.6 Å². The summed E-state index contributed by atoms with van der Waals surface area (Å²) in [6.07, 6.45) is 3.33. The van der Waals surface area contributed by atoms with E-state index in [4.69, 9.17) is 14.5 Å². The Morgan fingerprint density at radius 2 is 1.65 bits per heavy atom. The summed E-state index contributed by atoms with van der Waals surface area (Å²) in [5, 5.41) is 0. The predicted molar refractivity (Wildman–Crippen MR) is 212 cm³/mol. The van der Waals surface area contributed by atoms with Crippen molar-refractivity contribution in [2.75, 3.05) is 43.4 Å². The Morgan fingerprint density at radius 3 is 2.33 bits per heavy atom. The zero-order valence-electron chi connectivity index (χ0n) is 33.4. The fraction of sp³-hybridized carbons (Fsp3) is 0.450. The van der Waals surface area contributed by atoms with Crippen LogP contribution in [-0.2, 0) is 21.3 Å². The first-order chi connectivity index (χ1) is 25.7. The van der Waals surface area contributed by atoms with Gasteiger partial charge in [-0.15, -0.1) is 0 Å². The summed E-state index contributed by atoms with van der Waals surface area (Å²) in [6, 6.07) is 13.0. The molecule has 0 radical (unpaired) electrons. The van der Waals surface area contributed by atoms with Crippen molar-refractivity contribution in [3.63, 3.8) is 0 Å². The molecule has 15 heteroatoms. The number of fused-ring (bicyclic) bond motifs is 4. The van der Waals surface area contributed by atoms with Gasteiger partial charge in [0.1, 0.15) is 18.0 Å². The number of likely N-dealkylation sites (N-methyl/N-ethyl adjacent to an activating group) is 2. The zero-order valence-corrected chi connectivity index (χ0v) is 34.2. The van der Waals surface area contributed by atoms with E-state index >= 15 is 0 Å². The molecule has 55 heavy (non-hydrogen) atoms. The highest BCUT2D eigenvalue weighted by molar-refractivity contribution is 7.92. The smallest absolute Gasteiger partial charge is 0.410 e. The number of nitrogens with one attached hydrogen (secondary N) is 1. The van der Waals surface area contributed by atoms with Crippen molar-refractivity contribution in [1.82, 2.24) is 29.7 Å². The number of hydrogen-bond donors (Lipinski definition) is 1. The van der Waals surface area contributed by atoms with Crippen LogP contribution in [0.15, 0.2) is 65.8 Å². The third kappa shape index (κ3) is 10.7. The van der Waals surface area contributed by atoms with E-state index in [9.17, 15) is 18.0 Å². The Bertz CT molecular complexity index is 2130. The van der Waals surface area contributed by atoms with Crippen molar-refractivity contribution < 1.29 is 27.5 Å². The highest BCUT2D eigenvalue weighted by atomic mass is 32.2. The van der Waals surface area contributed by atoms with Crippen LogP contribution in [0.5, 0.6) is 5.88 Å². The molecule has 0 saturated heterocycles. The number of nitrogens with zero attached hydrogens (tertiary/aromatic N) is 7. The Kier molecular flexibility index (Phi) is 12.0. The lowest BCUT2D eigenvalue weighted by atomic mass is 9.87. The maximum Gasteiger partial charge on any atom is 0.410 e. The van der Waals surface area contributed by atoms with Crippen LogP contribution >= 0.6 is 0 Å². The molecular weight excluding hydrogens is 721 g/mol. The number of sulfonamides is 1. The van der Waals surface area contributed by atoms with Crippen LogP contribution in [0.25, 0.3) is 11.3 Å². The molecule has 1 N–H and O–H groups in total. The minimum absolute atomic E-state index is 0.0438. The average Bonchev–Trinajstić information content (AvgIpc) is 3.09. The van der Waals surface area contributed by atoms with Gasteiger partial charge in [0.15, 0.2) is 0 Å². The first-order valence-corrected chi connectivity index (χ1v) is 19.7. The molecule has 0 unspecified atom stereocenters. The number of aryl methyl sites for hydroxylation is 2. The van der Waals surface area contributed by atoms with E-state index < -0.39 is 33.7 Å². The molecule has 5 rings (SSSR count). The van der Waals surface area contributed by atoms with E-state index in [2.05, 4.69) is 40.4 Å². The van der Waals surface area contributed by atoms with E-state index in [0.717, 1.165) is 16.7 Å². The predicted octanol–water partition coefficient (Wildman–Crippen LogP) is 6.49. The van der Waals surface area contributed by atoms with Gasteiger partial charge in [0.2, 0.25) is 11.8 Å². The van der Waals surface area contributed by atoms with E-state index in [1.165, 1.54) is 23.1 Å². The number of anilines is 2. The first-order valence-electron chi connectivity index (χ1n) is 18.2. The molecule has 3 heterocycles. The fourth-order valence-corrected chi connectivity index (χ4v) is 7.21. The summed E-state index contributed by atoms with van der Waals surface area (Å²) in [5.74, 6) is 0.151. The van der Waals surface area contributed by atoms with E-state index in [0.29, 0.717) is 36.7 Å². The standard InChI is InChI=1S/C40H52N8O6S/c1-26-13-11-14-27(2)35(26)32-20-34-44-37(43-32)45-55(51,52)31-16-12-15-28(19-31)36(49)48(30(25-53-34)21-39(3,4)5)24-29-22-41-23-33(42-29)46(9)17-18-47(10)38(50)54-40(6,7)8/h11-16,19-20,22-23,30H,17-18,21,24-25H2,1-10H3,(H,43,44,45)/t30-/m1/s1. The van der Waals surface area contributed by atoms with Gasteiger partial charge < -0.3 is 24.2 Å². The summed E-state index contributed by atoms with van der Waals surface area (Å²) in [5.41, 5.74) is 3.07. The molecule has 2 amide bonds. The number of amides is 2. The van der Waals surface area contributed by atoms with Gasteiger partial charge >= 0.3 is 6.09 Å². The number of benzene rings is 2. The van der Waals surface area contributed by atoms with Crippen molar-refractivity contribution in [3.8, 4) is 17.1 Å². The van der Waals surface area contributed by atoms with Gasteiger partial charge in [-0.3, -0.25) is 9.78 Å². The normalized spacial score (nSPS) is 15.8. The van der Waals surface area contributed by atoms with E-state index in [-0.39, 0.29) is 40.9 Å². The van der Waals surface area contributed by atoms with Gasteiger partial charge in [-0.05, 0) is 75.8 Å². The molecule has 0 aliphatic carbocycles. The molecule has 4 aromatic rings. The second-order valence-electron chi connectivity index (χ2n) is 16.2. The molecule has 0 spiro atoms. The van der Waals surface area contributed by atoms with Crippen molar-refractivity contribution in [2.24, 2.45) is 5.41 Å². The molecule has 1 aliphatic rings. The first kappa shape index (κ1) is 40.9. The minimum atomic E-state index is -4.22. The van der Waals surface area contributed by atoms with Gasteiger partial charge in [0.05, 0.1) is 41.3 Å². The summed E-state index contributed by atoms with van der Waals surface area (Å²) < 4.78 is 41.9. The average molecular weight is 773 g/mol. The number of ether oxygens (including phenoxy) is 2. The van der Waals surface area contributed by atoms with Gasteiger partial charge in [-0.2, -0.15) is 4.98 Å². The fourth-order valence-electron chi connectivity index (χ4n) is 6.22. The summed E-state index contributed by atoms with van der Waals surface area (Å²) in [6.45, 7) is 16.5. The third-order valence-corrected chi connectivity index (χ3v) is 10.2.